The Morgan fingerprint density at radius 1 is 1.03 bits per heavy atom. The smallest absolute Gasteiger partial charge is 0.222 e. The van der Waals surface area contributed by atoms with Crippen LogP contribution in [0.25, 0.3) is 0 Å². The van der Waals surface area contributed by atoms with Crippen LogP contribution < -0.4 is 5.32 Å². The second kappa shape index (κ2) is 9.50. The van der Waals surface area contributed by atoms with Crippen LogP contribution in [0, 0.1) is 13.8 Å². The quantitative estimate of drug-likeness (QED) is 0.697. The van der Waals surface area contributed by atoms with Crippen LogP contribution in [0.5, 0.6) is 0 Å². The van der Waals surface area contributed by atoms with Gasteiger partial charge in [-0.15, -0.1) is 0 Å². The highest BCUT2D eigenvalue weighted by atomic mass is 16.2. The number of likely N-dealkylation sites (tertiary alicyclic amines) is 1. The van der Waals surface area contributed by atoms with Crippen molar-refractivity contribution in [1.82, 2.24) is 10.2 Å². The lowest BCUT2D eigenvalue weighted by Gasteiger charge is -2.16. The number of Topliss-reactive ketones (excluding diaryl/α,β-unsaturated/α-hetero) is 1. The van der Waals surface area contributed by atoms with Crippen LogP contribution in [0.1, 0.15) is 58.3 Å². The molecule has 2 amide bonds. The Labute approximate surface area is 172 Å². The summed E-state index contributed by atoms with van der Waals surface area (Å²) in [6.07, 6.45) is 1.94. The Morgan fingerprint density at radius 2 is 1.83 bits per heavy atom. The predicted octanol–water partition coefficient (Wildman–Crippen LogP) is 3.71. The van der Waals surface area contributed by atoms with E-state index in [1.807, 2.05) is 61.2 Å². The summed E-state index contributed by atoms with van der Waals surface area (Å²) in [5.41, 5.74) is 4.73. The highest BCUT2D eigenvalue weighted by molar-refractivity contribution is 5.99. The summed E-state index contributed by atoms with van der Waals surface area (Å²) in [6.45, 7) is 5.71. The molecular weight excluding hydrogens is 364 g/mol. The maximum atomic E-state index is 12.4. The van der Waals surface area contributed by atoms with E-state index in [4.69, 9.17) is 0 Å². The first-order chi connectivity index (χ1) is 13.9. The lowest BCUT2D eigenvalue weighted by Crippen LogP contribution is -2.25. The summed E-state index contributed by atoms with van der Waals surface area (Å²) >= 11 is 0. The first kappa shape index (κ1) is 20.8. The van der Waals surface area contributed by atoms with E-state index in [9.17, 15) is 14.4 Å². The lowest BCUT2D eigenvalue weighted by atomic mass is 9.99. The topological polar surface area (TPSA) is 66.5 Å². The number of hydrogen-bond acceptors (Lipinski definition) is 3. The zero-order valence-electron chi connectivity index (χ0n) is 17.2. The molecule has 0 saturated carbocycles. The van der Waals surface area contributed by atoms with Crippen molar-refractivity contribution >= 4 is 17.6 Å². The molecule has 3 rings (SSSR count). The van der Waals surface area contributed by atoms with E-state index >= 15 is 0 Å². The molecule has 0 aromatic heterocycles. The van der Waals surface area contributed by atoms with Gasteiger partial charge in [-0.3, -0.25) is 14.4 Å². The normalized spacial score (nSPS) is 13.6. The third-order valence-corrected chi connectivity index (χ3v) is 5.30. The maximum Gasteiger partial charge on any atom is 0.222 e. The number of carbonyl (C=O) groups is 3. The van der Waals surface area contributed by atoms with Gasteiger partial charge < -0.3 is 10.2 Å². The molecule has 1 aliphatic rings. The van der Waals surface area contributed by atoms with Crippen LogP contribution >= 0.6 is 0 Å². The van der Waals surface area contributed by atoms with E-state index in [-0.39, 0.29) is 30.4 Å². The molecule has 0 bridgehead atoms. The van der Waals surface area contributed by atoms with Gasteiger partial charge in [-0.05, 0) is 43.0 Å². The zero-order chi connectivity index (χ0) is 20.8. The second-order valence-electron chi connectivity index (χ2n) is 7.76. The van der Waals surface area contributed by atoms with Gasteiger partial charge in [0, 0.05) is 44.5 Å². The minimum Gasteiger partial charge on any atom is -0.352 e. The average molecular weight is 392 g/mol. The summed E-state index contributed by atoms with van der Waals surface area (Å²) in [4.78, 5) is 38.3. The van der Waals surface area contributed by atoms with Gasteiger partial charge in [0.05, 0.1) is 0 Å². The van der Waals surface area contributed by atoms with Gasteiger partial charge in [0.15, 0.2) is 5.78 Å². The molecule has 1 N–H and O–H groups in total. The fourth-order valence-corrected chi connectivity index (χ4v) is 3.62. The number of rotatable bonds is 8. The molecule has 29 heavy (non-hydrogen) atoms. The van der Waals surface area contributed by atoms with Gasteiger partial charge in [-0.1, -0.05) is 42.0 Å². The van der Waals surface area contributed by atoms with Crippen LogP contribution in [0.15, 0.2) is 42.5 Å². The van der Waals surface area contributed by atoms with E-state index < -0.39 is 0 Å². The number of benzene rings is 2. The van der Waals surface area contributed by atoms with Crippen molar-refractivity contribution < 1.29 is 14.4 Å². The van der Waals surface area contributed by atoms with Gasteiger partial charge >= 0.3 is 0 Å². The first-order valence-corrected chi connectivity index (χ1v) is 10.1. The Bertz CT molecular complexity index is 920. The first-order valence-electron chi connectivity index (χ1n) is 10.1. The van der Waals surface area contributed by atoms with Crippen LogP contribution in [0.2, 0.25) is 0 Å². The minimum atomic E-state index is -0.135. The Kier molecular flexibility index (Phi) is 6.81. The molecule has 1 heterocycles. The largest absolute Gasteiger partial charge is 0.352 e. The maximum absolute atomic E-state index is 12.4. The van der Waals surface area contributed by atoms with E-state index in [0.717, 1.165) is 35.2 Å². The molecule has 5 nitrogen and oxygen atoms in total. The number of nitrogens with one attached hydrogen (secondary N) is 1. The molecular formula is C24H28N2O3. The predicted molar refractivity (Wildman–Crippen MR) is 112 cm³/mol. The van der Waals surface area contributed by atoms with Crippen molar-refractivity contribution in [3.8, 4) is 0 Å². The molecule has 0 atom stereocenters. The number of carbonyl (C=O) groups excluding carboxylic acids is 3. The fraction of sp³-hybridized carbons (Fsp3) is 0.375. The monoisotopic (exact) mass is 392 g/mol. The second-order valence-corrected chi connectivity index (χ2v) is 7.76. The Balaban J connectivity index is 1.48. The molecule has 1 saturated heterocycles. The summed E-state index contributed by atoms with van der Waals surface area (Å²) in [7, 11) is 0. The average Bonchev–Trinajstić information content (AvgIpc) is 3.11. The molecule has 0 aliphatic carbocycles. The molecule has 5 heteroatoms. The number of amides is 2. The van der Waals surface area contributed by atoms with Gasteiger partial charge in [0.2, 0.25) is 11.8 Å². The summed E-state index contributed by atoms with van der Waals surface area (Å²) < 4.78 is 0. The van der Waals surface area contributed by atoms with Gasteiger partial charge in [0.25, 0.3) is 0 Å². The third kappa shape index (κ3) is 5.76. The molecule has 1 aliphatic heterocycles. The van der Waals surface area contributed by atoms with Crippen molar-refractivity contribution in [2.24, 2.45) is 0 Å². The minimum absolute atomic E-state index is 0.00127. The van der Waals surface area contributed by atoms with Crippen molar-refractivity contribution in [2.75, 3.05) is 6.54 Å². The van der Waals surface area contributed by atoms with E-state index in [0.29, 0.717) is 25.1 Å². The van der Waals surface area contributed by atoms with Crippen LogP contribution in [0.3, 0.4) is 0 Å². The molecule has 0 unspecified atom stereocenters. The summed E-state index contributed by atoms with van der Waals surface area (Å²) in [5, 5.41) is 2.89. The van der Waals surface area contributed by atoms with Crippen molar-refractivity contribution in [3.63, 3.8) is 0 Å². The molecule has 2 aromatic rings. The molecule has 152 valence electrons. The van der Waals surface area contributed by atoms with Gasteiger partial charge in [-0.25, -0.2) is 0 Å². The van der Waals surface area contributed by atoms with Crippen molar-refractivity contribution in [3.05, 3.63) is 70.3 Å². The van der Waals surface area contributed by atoms with E-state index in [1.165, 1.54) is 0 Å². The number of hydrogen-bond donors (Lipinski definition) is 1. The number of ketones is 1. The van der Waals surface area contributed by atoms with Crippen LogP contribution in [0.4, 0.5) is 0 Å². The fourth-order valence-electron chi connectivity index (χ4n) is 3.62. The molecule has 0 radical (unpaired) electrons. The summed E-state index contributed by atoms with van der Waals surface area (Å²) in [6, 6.07) is 13.7. The lowest BCUT2D eigenvalue weighted by molar-refractivity contribution is -0.128. The SMILES string of the molecule is Cc1ccc(C)c(C(=O)CCC(=O)NCc2cccc(CN3CCCC3=O)c2)c1. The Hall–Kier alpha value is -2.95. The van der Waals surface area contributed by atoms with Gasteiger partial charge in [-0.2, -0.15) is 0 Å². The van der Waals surface area contributed by atoms with Crippen LogP contribution in [-0.4, -0.2) is 29.0 Å². The van der Waals surface area contributed by atoms with Crippen molar-refractivity contribution in [1.29, 1.82) is 0 Å². The summed E-state index contributed by atoms with van der Waals surface area (Å²) in [5.74, 6) is 0.0691. The molecule has 2 aromatic carbocycles. The highest BCUT2D eigenvalue weighted by Gasteiger charge is 2.20. The highest BCUT2D eigenvalue weighted by Crippen LogP contribution is 2.16. The van der Waals surface area contributed by atoms with Crippen molar-refractivity contribution in [2.45, 2.75) is 52.6 Å². The zero-order valence-corrected chi connectivity index (χ0v) is 17.2. The molecule has 0 spiro atoms. The Morgan fingerprint density at radius 3 is 2.59 bits per heavy atom. The number of aryl methyl sites for hydroxylation is 2. The van der Waals surface area contributed by atoms with E-state index in [2.05, 4.69) is 5.32 Å². The number of nitrogens with zero attached hydrogens (tertiary/aromatic N) is 1. The molecule has 1 fully saturated rings. The van der Waals surface area contributed by atoms with Crippen LogP contribution in [-0.2, 0) is 22.7 Å². The third-order valence-electron chi connectivity index (χ3n) is 5.30. The van der Waals surface area contributed by atoms with E-state index in [1.54, 1.807) is 0 Å². The van der Waals surface area contributed by atoms with Gasteiger partial charge in [0.1, 0.15) is 0 Å². The standard InChI is InChI=1S/C24H28N2O3/c1-17-8-9-18(2)21(13-17)22(27)10-11-23(28)25-15-19-5-3-6-20(14-19)16-26-12-4-7-24(26)29/h3,5-6,8-9,13-14H,4,7,10-12,15-16H2,1-2H3,(H,25,28).